The van der Waals surface area contributed by atoms with Crippen molar-refractivity contribution in [3.05, 3.63) is 23.9 Å². The van der Waals surface area contributed by atoms with E-state index < -0.39 is 44.8 Å². The van der Waals surface area contributed by atoms with Crippen LogP contribution in [-0.2, 0) is 11.3 Å². The predicted octanol–water partition coefficient (Wildman–Crippen LogP) is 2.88. The van der Waals surface area contributed by atoms with E-state index in [2.05, 4.69) is 5.10 Å². The number of carbonyl (C=O) groups is 2. The van der Waals surface area contributed by atoms with Crippen molar-refractivity contribution >= 4 is 33.0 Å². The molecule has 6 nitrogen and oxygen atoms in total. The number of fused-ring (bicyclic) bond motifs is 1. The van der Waals surface area contributed by atoms with Gasteiger partial charge in [0.15, 0.2) is 5.69 Å². The molecule has 0 radical (unpaired) electrons. The normalized spacial score (nSPS) is 15.3. The van der Waals surface area contributed by atoms with Gasteiger partial charge < -0.3 is 10.8 Å². The Bertz CT molecular complexity index is 815. The zero-order valence-electron chi connectivity index (χ0n) is 10.5. The first-order chi connectivity index (χ1) is 9.69. The average Bonchev–Trinajstić information content (AvgIpc) is 2.64. The molecule has 1 aromatic carbocycles. The minimum atomic E-state index is -9.95. The third-order valence-electron chi connectivity index (χ3n) is 2.69. The highest BCUT2D eigenvalue weighted by Crippen LogP contribution is 3.02. The highest BCUT2D eigenvalue weighted by Gasteiger charge is 2.65. The number of rotatable bonds is 4. The van der Waals surface area contributed by atoms with Gasteiger partial charge in [0.1, 0.15) is 11.4 Å². The topological polar surface area (TPSA) is 98.2 Å². The molecule has 0 aliphatic heterocycles. The lowest BCUT2D eigenvalue weighted by Crippen LogP contribution is -2.14. The first kappa shape index (κ1) is 16.0. The SMILES string of the molecule is NC(=O)c1nn(CC(=O)O)c2cc(S(F)(F)(F)(F)F)ccc12. The largest absolute Gasteiger partial charge is 0.480 e. The van der Waals surface area contributed by atoms with E-state index in [1.807, 2.05) is 0 Å². The number of carboxylic acid groups (broad SMARTS) is 1. The number of hydrogen-bond donors (Lipinski definition) is 2. The van der Waals surface area contributed by atoms with Crippen LogP contribution in [0.3, 0.4) is 0 Å². The smallest absolute Gasteiger partial charge is 0.325 e. The van der Waals surface area contributed by atoms with Gasteiger partial charge in [0.25, 0.3) is 5.91 Å². The summed E-state index contributed by atoms with van der Waals surface area (Å²) in [5.41, 5.74) is 3.88. The summed E-state index contributed by atoms with van der Waals surface area (Å²) < 4.78 is 64.5. The van der Waals surface area contributed by atoms with Crippen LogP contribution in [0.5, 0.6) is 0 Å². The molecule has 0 bridgehead atoms. The first-order valence-corrected chi connectivity index (χ1v) is 7.40. The second-order valence-electron chi connectivity index (χ2n) is 4.41. The number of carboxylic acids is 1. The molecule has 122 valence electrons. The maximum absolute atomic E-state index is 12.8. The van der Waals surface area contributed by atoms with Gasteiger partial charge in [-0.2, -0.15) is 5.10 Å². The van der Waals surface area contributed by atoms with E-state index in [0.717, 1.165) is 0 Å². The van der Waals surface area contributed by atoms with Crippen LogP contribution in [0.4, 0.5) is 19.4 Å². The van der Waals surface area contributed by atoms with Crippen LogP contribution in [0.1, 0.15) is 10.5 Å². The van der Waals surface area contributed by atoms with Gasteiger partial charge in [-0.05, 0) is 18.2 Å². The second-order valence-corrected chi connectivity index (χ2v) is 6.82. The number of aromatic nitrogens is 2. The minimum Gasteiger partial charge on any atom is -0.480 e. The summed E-state index contributed by atoms with van der Waals surface area (Å²) in [6.45, 7) is -0.923. The highest BCUT2D eigenvalue weighted by atomic mass is 32.5. The molecule has 2 rings (SSSR count). The van der Waals surface area contributed by atoms with E-state index in [0.29, 0.717) is 10.7 Å². The molecular weight excluding hydrogens is 337 g/mol. The minimum absolute atomic E-state index is 0.0548. The first-order valence-electron chi connectivity index (χ1n) is 5.45. The molecule has 0 spiro atoms. The van der Waals surface area contributed by atoms with Gasteiger partial charge in [-0.3, -0.25) is 14.3 Å². The summed E-state index contributed by atoms with van der Waals surface area (Å²) in [6.07, 6.45) is 0. The number of aliphatic carboxylic acids is 1. The summed E-state index contributed by atoms with van der Waals surface area (Å²) >= 11 is 0. The number of primary amides is 1. The molecule has 0 saturated heterocycles. The number of hydrogen-bond acceptors (Lipinski definition) is 3. The van der Waals surface area contributed by atoms with E-state index in [1.54, 1.807) is 0 Å². The van der Waals surface area contributed by atoms with Crippen molar-refractivity contribution in [3.8, 4) is 0 Å². The van der Waals surface area contributed by atoms with Gasteiger partial charge in [-0.15, -0.1) is 0 Å². The summed E-state index contributed by atoms with van der Waals surface area (Å²) in [4.78, 5) is 19.6. The van der Waals surface area contributed by atoms with Gasteiger partial charge in [-0.25, -0.2) is 0 Å². The van der Waals surface area contributed by atoms with Gasteiger partial charge in [0.05, 0.1) is 5.52 Å². The summed E-state index contributed by atoms with van der Waals surface area (Å²) in [7, 11) is -9.95. The molecule has 1 aromatic heterocycles. The van der Waals surface area contributed by atoms with Crippen molar-refractivity contribution in [1.82, 2.24) is 9.78 Å². The van der Waals surface area contributed by atoms with Crippen molar-refractivity contribution in [3.63, 3.8) is 0 Å². The van der Waals surface area contributed by atoms with Crippen molar-refractivity contribution < 1.29 is 34.1 Å². The number of nitrogens with two attached hydrogens (primary N) is 1. The molecule has 0 fully saturated rings. The predicted molar refractivity (Wildman–Crippen MR) is 67.3 cm³/mol. The number of nitrogens with zero attached hydrogens (tertiary/aromatic N) is 2. The van der Waals surface area contributed by atoms with Crippen molar-refractivity contribution in [2.75, 3.05) is 0 Å². The molecule has 1 amide bonds. The van der Waals surface area contributed by atoms with Gasteiger partial charge in [0.2, 0.25) is 0 Å². The molecule has 0 aliphatic rings. The van der Waals surface area contributed by atoms with E-state index in [4.69, 9.17) is 10.8 Å². The molecule has 0 saturated carbocycles. The van der Waals surface area contributed by atoms with E-state index in [1.165, 1.54) is 0 Å². The Kier molecular flexibility index (Phi) is 2.82. The Morgan fingerprint density at radius 1 is 1.23 bits per heavy atom. The number of halogens is 5. The van der Waals surface area contributed by atoms with Crippen molar-refractivity contribution in [2.24, 2.45) is 5.73 Å². The van der Waals surface area contributed by atoms with Crippen LogP contribution < -0.4 is 5.73 Å². The number of carbonyl (C=O) groups excluding carboxylic acids is 1. The third-order valence-corrected chi connectivity index (χ3v) is 3.83. The fourth-order valence-corrected chi connectivity index (χ4v) is 2.48. The monoisotopic (exact) mass is 345 g/mol. The molecular formula is C10H8F5N3O3S. The van der Waals surface area contributed by atoms with Crippen molar-refractivity contribution in [2.45, 2.75) is 11.4 Å². The zero-order valence-corrected chi connectivity index (χ0v) is 11.3. The lowest BCUT2D eigenvalue weighted by molar-refractivity contribution is -0.137. The van der Waals surface area contributed by atoms with Crippen LogP contribution in [-0.4, -0.2) is 26.8 Å². The highest BCUT2D eigenvalue weighted by molar-refractivity contribution is 8.45. The molecule has 0 atom stereocenters. The van der Waals surface area contributed by atoms with Gasteiger partial charge in [-0.1, -0.05) is 19.4 Å². The third kappa shape index (κ3) is 2.95. The van der Waals surface area contributed by atoms with E-state index in [9.17, 15) is 29.0 Å². The van der Waals surface area contributed by atoms with Crippen LogP contribution in [0.2, 0.25) is 0 Å². The maximum atomic E-state index is 12.8. The Hall–Kier alpha value is -2.37. The quantitative estimate of drug-likeness (QED) is 0.833. The Labute approximate surface area is 119 Å². The lowest BCUT2D eigenvalue weighted by Gasteiger charge is -2.40. The van der Waals surface area contributed by atoms with Crippen molar-refractivity contribution in [1.29, 1.82) is 0 Å². The summed E-state index contributed by atoms with van der Waals surface area (Å²) in [5, 5.41) is 11.9. The molecule has 2 aromatic rings. The lowest BCUT2D eigenvalue weighted by atomic mass is 10.2. The van der Waals surface area contributed by atoms with Crippen LogP contribution in [0.15, 0.2) is 23.1 Å². The Morgan fingerprint density at radius 2 is 1.82 bits per heavy atom. The van der Waals surface area contributed by atoms with Gasteiger partial charge >= 0.3 is 16.2 Å². The Morgan fingerprint density at radius 3 is 2.27 bits per heavy atom. The maximum Gasteiger partial charge on any atom is 0.325 e. The summed E-state index contributed by atoms with van der Waals surface area (Å²) in [5.74, 6) is -2.62. The van der Waals surface area contributed by atoms with Gasteiger partial charge in [0, 0.05) is 5.39 Å². The molecule has 22 heavy (non-hydrogen) atoms. The Balaban J connectivity index is 2.81. The van der Waals surface area contributed by atoms with Crippen LogP contribution in [0.25, 0.3) is 10.9 Å². The molecule has 0 aliphatic carbocycles. The standard InChI is InChI=1S/C10H8F5N3O3S/c11-22(12,13,14,15)5-1-2-6-7(3-5)18(4-8(19)20)17-9(6)10(16)21/h1-3H,4H2,(H2,16,21)(H,19,20). The zero-order chi connectivity index (χ0) is 17.0. The summed E-state index contributed by atoms with van der Waals surface area (Å²) in [6, 6.07) is 0.760. The number of benzene rings is 1. The molecule has 0 unspecified atom stereocenters. The molecule has 3 N–H and O–H groups in total. The second kappa shape index (κ2) is 3.88. The fraction of sp³-hybridized carbons (Fsp3) is 0.100. The van der Waals surface area contributed by atoms with Crippen LogP contribution >= 0.6 is 10.2 Å². The molecule has 12 heteroatoms. The average molecular weight is 345 g/mol. The van der Waals surface area contributed by atoms with E-state index >= 15 is 0 Å². The van der Waals surface area contributed by atoms with E-state index in [-0.39, 0.29) is 17.5 Å². The van der Waals surface area contributed by atoms with Crippen LogP contribution in [0, 0.1) is 0 Å². The number of amides is 1. The molecule has 1 heterocycles. The fourth-order valence-electron chi connectivity index (χ4n) is 1.82.